The van der Waals surface area contributed by atoms with Crippen LogP contribution < -0.4 is 10.2 Å². The maximum absolute atomic E-state index is 13.3. The summed E-state index contributed by atoms with van der Waals surface area (Å²) in [6.07, 6.45) is 5.42. The van der Waals surface area contributed by atoms with E-state index in [9.17, 15) is 9.59 Å². The normalized spacial score (nSPS) is 14.8. The Balaban J connectivity index is 1.54. The molecule has 1 aliphatic rings. The number of ether oxygens (including phenoxy) is 1. The number of unbranched alkanes of at least 4 members (excludes halogenated alkanes) is 1. The van der Waals surface area contributed by atoms with Gasteiger partial charge in [-0.3, -0.25) is 9.78 Å². The summed E-state index contributed by atoms with van der Waals surface area (Å²) in [7, 11) is 4.06. The number of nitrogens with zero attached hydrogens (tertiary/aromatic N) is 4. The van der Waals surface area contributed by atoms with Crippen LogP contribution in [0.1, 0.15) is 24.8 Å². The lowest BCUT2D eigenvalue weighted by molar-refractivity contribution is -0.133. The number of rotatable bonds is 10. The van der Waals surface area contributed by atoms with Crippen molar-refractivity contribution in [3.8, 4) is 0 Å². The molecule has 1 fully saturated rings. The Kier molecular flexibility index (Phi) is 9.50. The van der Waals surface area contributed by atoms with Gasteiger partial charge >= 0.3 is 6.09 Å². The van der Waals surface area contributed by atoms with Gasteiger partial charge in [-0.2, -0.15) is 0 Å². The number of carbonyl (C=O) groups is 2. The van der Waals surface area contributed by atoms with Crippen molar-refractivity contribution < 1.29 is 14.3 Å². The molecule has 1 aromatic heterocycles. The molecule has 0 spiro atoms. The number of nitrogens with one attached hydrogen (secondary N) is 1. The Bertz CT molecular complexity index is 855. The highest BCUT2D eigenvalue weighted by molar-refractivity contribution is 5.86. The van der Waals surface area contributed by atoms with Gasteiger partial charge in [0.2, 0.25) is 5.91 Å². The predicted octanol–water partition coefficient (Wildman–Crippen LogP) is 2.76. The van der Waals surface area contributed by atoms with E-state index in [1.165, 1.54) is 0 Å². The fourth-order valence-electron chi connectivity index (χ4n) is 3.90. The maximum Gasteiger partial charge on any atom is 0.408 e. The van der Waals surface area contributed by atoms with Crippen molar-refractivity contribution in [2.75, 3.05) is 51.7 Å². The van der Waals surface area contributed by atoms with Gasteiger partial charge in [-0.25, -0.2) is 4.79 Å². The molecule has 8 heteroatoms. The van der Waals surface area contributed by atoms with Crippen molar-refractivity contribution in [2.45, 2.75) is 31.9 Å². The summed E-state index contributed by atoms with van der Waals surface area (Å²) >= 11 is 0. The molecule has 2 amide bonds. The van der Waals surface area contributed by atoms with Crippen LogP contribution in [0.4, 0.5) is 10.5 Å². The zero-order valence-corrected chi connectivity index (χ0v) is 19.7. The van der Waals surface area contributed by atoms with Gasteiger partial charge in [0.25, 0.3) is 0 Å². The van der Waals surface area contributed by atoms with Crippen LogP contribution in [0.25, 0.3) is 0 Å². The van der Waals surface area contributed by atoms with Crippen LogP contribution in [0.2, 0.25) is 0 Å². The minimum absolute atomic E-state index is 0.0362. The summed E-state index contributed by atoms with van der Waals surface area (Å²) in [5, 5.41) is 2.83. The minimum Gasteiger partial charge on any atom is -0.445 e. The fourth-order valence-corrected chi connectivity index (χ4v) is 3.90. The largest absolute Gasteiger partial charge is 0.445 e. The fraction of sp³-hybridized carbons (Fsp3) is 0.480. The number of pyridine rings is 1. The van der Waals surface area contributed by atoms with Crippen LogP contribution in [-0.2, 0) is 16.1 Å². The second-order valence-electron chi connectivity index (χ2n) is 8.58. The quantitative estimate of drug-likeness (QED) is 0.558. The lowest BCUT2D eigenvalue weighted by Crippen LogP contribution is -2.55. The van der Waals surface area contributed by atoms with Crippen molar-refractivity contribution in [3.63, 3.8) is 0 Å². The molecule has 2 aromatic rings. The first kappa shape index (κ1) is 24.5. The van der Waals surface area contributed by atoms with Gasteiger partial charge in [-0.05, 0) is 57.6 Å². The summed E-state index contributed by atoms with van der Waals surface area (Å²) in [5.74, 6) is -0.0362. The second kappa shape index (κ2) is 12.8. The number of piperazine rings is 1. The molecular weight excluding hydrogens is 418 g/mol. The number of aromatic nitrogens is 1. The first-order valence-electron chi connectivity index (χ1n) is 11.6. The van der Waals surface area contributed by atoms with Gasteiger partial charge in [0.1, 0.15) is 12.6 Å². The summed E-state index contributed by atoms with van der Waals surface area (Å²) in [6.45, 7) is 3.87. The van der Waals surface area contributed by atoms with Gasteiger partial charge in [-0.15, -0.1) is 0 Å². The third-order valence-corrected chi connectivity index (χ3v) is 5.77. The number of anilines is 1. The Morgan fingerprint density at radius 1 is 1.03 bits per heavy atom. The van der Waals surface area contributed by atoms with Crippen molar-refractivity contribution in [3.05, 3.63) is 60.4 Å². The lowest BCUT2D eigenvalue weighted by atomic mass is 10.1. The summed E-state index contributed by atoms with van der Waals surface area (Å²) in [4.78, 5) is 36.1. The van der Waals surface area contributed by atoms with E-state index in [0.717, 1.165) is 43.7 Å². The van der Waals surface area contributed by atoms with Crippen molar-refractivity contribution in [1.82, 2.24) is 20.1 Å². The van der Waals surface area contributed by atoms with Crippen LogP contribution in [0, 0.1) is 0 Å². The molecule has 3 rings (SSSR count). The van der Waals surface area contributed by atoms with E-state index < -0.39 is 12.1 Å². The number of benzene rings is 1. The maximum atomic E-state index is 13.3. The first-order valence-corrected chi connectivity index (χ1v) is 11.6. The SMILES string of the molecule is CN(C)CCCC[C@H](NC(=O)OCc1ccccc1)C(=O)N1CCN(c2ccncc2)CC1. The van der Waals surface area contributed by atoms with E-state index in [1.807, 2.05) is 61.5 Å². The van der Waals surface area contributed by atoms with Crippen LogP contribution in [-0.4, -0.2) is 79.6 Å². The van der Waals surface area contributed by atoms with Crippen molar-refractivity contribution in [1.29, 1.82) is 0 Å². The molecule has 1 aliphatic heterocycles. The zero-order valence-electron chi connectivity index (χ0n) is 19.7. The van der Waals surface area contributed by atoms with E-state index in [1.54, 1.807) is 12.4 Å². The molecule has 8 nitrogen and oxygen atoms in total. The zero-order chi connectivity index (χ0) is 23.5. The van der Waals surface area contributed by atoms with Gasteiger partial charge in [0.15, 0.2) is 0 Å². The van der Waals surface area contributed by atoms with Crippen molar-refractivity contribution >= 4 is 17.7 Å². The summed E-state index contributed by atoms with van der Waals surface area (Å²) in [5.41, 5.74) is 2.02. The minimum atomic E-state index is -0.581. The topological polar surface area (TPSA) is 78.0 Å². The molecule has 1 aromatic carbocycles. The molecule has 178 valence electrons. The molecule has 0 unspecified atom stereocenters. The number of hydrogen-bond acceptors (Lipinski definition) is 6. The number of carbonyl (C=O) groups excluding carboxylic acids is 2. The lowest BCUT2D eigenvalue weighted by Gasteiger charge is -2.37. The average molecular weight is 454 g/mol. The van der Waals surface area contributed by atoms with Gasteiger partial charge in [0, 0.05) is 44.3 Å². The Morgan fingerprint density at radius 3 is 2.39 bits per heavy atom. The van der Waals surface area contributed by atoms with E-state index >= 15 is 0 Å². The summed E-state index contributed by atoms with van der Waals surface area (Å²) in [6, 6.07) is 12.9. The smallest absolute Gasteiger partial charge is 0.408 e. The van der Waals surface area contributed by atoms with Crippen LogP contribution in [0.5, 0.6) is 0 Å². The van der Waals surface area contributed by atoms with Crippen LogP contribution in [0.3, 0.4) is 0 Å². The summed E-state index contributed by atoms with van der Waals surface area (Å²) < 4.78 is 5.37. The van der Waals surface area contributed by atoms with E-state index in [4.69, 9.17) is 4.74 Å². The molecule has 0 radical (unpaired) electrons. The average Bonchev–Trinajstić information content (AvgIpc) is 2.85. The number of amides is 2. The van der Waals surface area contributed by atoms with Gasteiger partial charge < -0.3 is 24.8 Å². The Labute approximate surface area is 196 Å². The molecule has 1 N–H and O–H groups in total. The third-order valence-electron chi connectivity index (χ3n) is 5.77. The molecule has 1 atom stereocenters. The van der Waals surface area contributed by atoms with E-state index in [-0.39, 0.29) is 12.5 Å². The van der Waals surface area contributed by atoms with Gasteiger partial charge in [0.05, 0.1) is 0 Å². The van der Waals surface area contributed by atoms with Crippen LogP contribution in [0.15, 0.2) is 54.9 Å². The van der Waals surface area contributed by atoms with Gasteiger partial charge in [-0.1, -0.05) is 30.3 Å². The molecular formula is C25H35N5O3. The first-order chi connectivity index (χ1) is 16.0. The highest BCUT2D eigenvalue weighted by atomic mass is 16.5. The predicted molar refractivity (Wildman–Crippen MR) is 129 cm³/mol. The molecule has 0 bridgehead atoms. The molecule has 0 aliphatic carbocycles. The van der Waals surface area contributed by atoms with E-state index in [2.05, 4.69) is 20.1 Å². The number of hydrogen-bond donors (Lipinski definition) is 1. The highest BCUT2D eigenvalue weighted by Crippen LogP contribution is 2.16. The highest BCUT2D eigenvalue weighted by Gasteiger charge is 2.29. The molecule has 1 saturated heterocycles. The standard InChI is InChI=1S/C25H35N5O3/c1-28(2)15-7-6-10-23(27-25(32)33-20-21-8-4-3-5-9-21)24(31)30-18-16-29(17-19-30)22-11-13-26-14-12-22/h3-5,8-9,11-14,23H,6-7,10,15-20H2,1-2H3,(H,27,32)/t23-/m0/s1. The van der Waals surface area contributed by atoms with E-state index in [0.29, 0.717) is 19.5 Å². The van der Waals surface area contributed by atoms with Crippen LogP contribution >= 0.6 is 0 Å². The Hall–Kier alpha value is -3.13. The molecule has 0 saturated carbocycles. The van der Waals surface area contributed by atoms with Crippen molar-refractivity contribution in [2.24, 2.45) is 0 Å². The monoisotopic (exact) mass is 453 g/mol. The number of alkyl carbamates (subject to hydrolysis) is 1. The molecule has 2 heterocycles. The second-order valence-corrected chi connectivity index (χ2v) is 8.58. The Morgan fingerprint density at radius 2 is 1.73 bits per heavy atom. The third kappa shape index (κ3) is 8.05. The molecule has 33 heavy (non-hydrogen) atoms.